The van der Waals surface area contributed by atoms with Crippen molar-refractivity contribution in [2.45, 2.75) is 33.4 Å². The molecule has 2 aromatic heterocycles. The van der Waals surface area contributed by atoms with Crippen LogP contribution in [0.15, 0.2) is 53.1 Å². The Balaban J connectivity index is 1.43. The number of nitrogens with zero attached hydrogens (tertiary/aromatic N) is 3. The van der Waals surface area contributed by atoms with Gasteiger partial charge in [0.1, 0.15) is 11.5 Å². The number of hydrogen-bond donors (Lipinski definition) is 0. The molecule has 6 nitrogen and oxygen atoms in total. The lowest BCUT2D eigenvalue weighted by Gasteiger charge is -2.39. The number of carbonyl (C=O) groups excluding carboxylic acids is 1. The molecule has 3 heterocycles. The average Bonchev–Trinajstić information content (AvgIpc) is 3.42. The van der Waals surface area contributed by atoms with E-state index in [1.807, 2.05) is 57.2 Å². The zero-order valence-electron chi connectivity index (χ0n) is 18.8. The van der Waals surface area contributed by atoms with Crippen LogP contribution in [-0.2, 0) is 6.54 Å². The molecule has 0 amide bonds. The Hall–Kier alpha value is -2.99. The monoisotopic (exact) mass is 421 g/mol. The molecular formula is C25H31N3O3. The van der Waals surface area contributed by atoms with Gasteiger partial charge in [0.2, 0.25) is 0 Å². The maximum absolute atomic E-state index is 13.4. The van der Waals surface area contributed by atoms with Crippen molar-refractivity contribution in [3.05, 3.63) is 71.4 Å². The molecule has 0 aliphatic carbocycles. The third-order valence-electron chi connectivity index (χ3n) is 6.40. The SMILES string of the molecule is COc1ccccc1N1CCN([C@@H](C)C(=O)c2cc(C)n(Cc3ccco3)c2C)CC1. The number of hydrogen-bond acceptors (Lipinski definition) is 5. The van der Waals surface area contributed by atoms with Crippen molar-refractivity contribution in [2.24, 2.45) is 0 Å². The Morgan fingerprint density at radius 1 is 1.10 bits per heavy atom. The molecule has 3 aromatic rings. The molecule has 0 N–H and O–H groups in total. The van der Waals surface area contributed by atoms with Gasteiger partial charge >= 0.3 is 0 Å². The number of Topliss-reactive ketones (excluding diaryl/α,β-unsaturated/α-hetero) is 1. The molecule has 0 radical (unpaired) electrons. The van der Waals surface area contributed by atoms with Crippen molar-refractivity contribution in [1.29, 1.82) is 0 Å². The van der Waals surface area contributed by atoms with Gasteiger partial charge in [-0.05, 0) is 51.1 Å². The molecule has 0 saturated carbocycles. The molecule has 0 unspecified atom stereocenters. The highest BCUT2D eigenvalue weighted by atomic mass is 16.5. The summed E-state index contributed by atoms with van der Waals surface area (Å²) in [6.45, 7) is 10.2. The van der Waals surface area contributed by atoms with Crippen molar-refractivity contribution >= 4 is 11.5 Å². The van der Waals surface area contributed by atoms with Crippen molar-refractivity contribution in [2.75, 3.05) is 38.2 Å². The fraction of sp³-hybridized carbons (Fsp3) is 0.400. The number of ketones is 1. The summed E-state index contributed by atoms with van der Waals surface area (Å²) in [6.07, 6.45) is 1.68. The van der Waals surface area contributed by atoms with Crippen molar-refractivity contribution in [1.82, 2.24) is 9.47 Å². The molecule has 1 aliphatic rings. The fourth-order valence-corrected chi connectivity index (χ4v) is 4.48. The van der Waals surface area contributed by atoms with E-state index in [2.05, 4.69) is 20.4 Å². The van der Waals surface area contributed by atoms with Gasteiger partial charge in [-0.3, -0.25) is 9.69 Å². The van der Waals surface area contributed by atoms with E-state index in [0.717, 1.165) is 60.3 Å². The van der Waals surface area contributed by atoms with Crippen LogP contribution in [0.2, 0.25) is 0 Å². The number of piperazine rings is 1. The molecule has 1 aromatic carbocycles. The van der Waals surface area contributed by atoms with Gasteiger partial charge in [0.05, 0.1) is 31.6 Å². The summed E-state index contributed by atoms with van der Waals surface area (Å²) in [7, 11) is 1.71. The lowest BCUT2D eigenvalue weighted by atomic mass is 10.0. The Morgan fingerprint density at radius 3 is 2.52 bits per heavy atom. The van der Waals surface area contributed by atoms with E-state index in [1.54, 1.807) is 13.4 Å². The molecule has 31 heavy (non-hydrogen) atoms. The van der Waals surface area contributed by atoms with Crippen molar-refractivity contribution in [3.63, 3.8) is 0 Å². The van der Waals surface area contributed by atoms with Crippen LogP contribution in [0.25, 0.3) is 0 Å². The third-order valence-corrected chi connectivity index (χ3v) is 6.40. The minimum Gasteiger partial charge on any atom is -0.495 e. The van der Waals surface area contributed by atoms with Crippen LogP contribution in [0.1, 0.15) is 34.4 Å². The number of aryl methyl sites for hydroxylation is 1. The number of methoxy groups -OCH3 is 1. The van der Waals surface area contributed by atoms with Crippen LogP contribution in [0, 0.1) is 13.8 Å². The maximum Gasteiger partial charge on any atom is 0.181 e. The Labute approximate surface area is 184 Å². The number of ether oxygens (including phenoxy) is 1. The van der Waals surface area contributed by atoms with E-state index in [1.165, 1.54) is 0 Å². The van der Waals surface area contributed by atoms with Gasteiger partial charge in [0, 0.05) is 43.1 Å². The number of rotatable bonds is 7. The molecule has 1 aliphatic heterocycles. The van der Waals surface area contributed by atoms with Gasteiger partial charge in [-0.15, -0.1) is 0 Å². The molecule has 0 bridgehead atoms. The number of furan rings is 1. The quantitative estimate of drug-likeness (QED) is 0.537. The molecule has 4 rings (SSSR count). The summed E-state index contributed by atoms with van der Waals surface area (Å²) >= 11 is 0. The Bertz CT molecular complexity index is 1030. The molecule has 164 valence electrons. The van der Waals surface area contributed by atoms with E-state index >= 15 is 0 Å². The predicted molar refractivity (Wildman–Crippen MR) is 122 cm³/mol. The van der Waals surface area contributed by atoms with Gasteiger partial charge in [-0.1, -0.05) is 12.1 Å². The maximum atomic E-state index is 13.4. The first-order valence-electron chi connectivity index (χ1n) is 10.8. The second-order valence-corrected chi connectivity index (χ2v) is 8.19. The topological polar surface area (TPSA) is 50.9 Å². The van der Waals surface area contributed by atoms with E-state index in [4.69, 9.17) is 9.15 Å². The fourth-order valence-electron chi connectivity index (χ4n) is 4.48. The summed E-state index contributed by atoms with van der Waals surface area (Å²) in [6, 6.07) is 13.8. The largest absolute Gasteiger partial charge is 0.495 e. The zero-order chi connectivity index (χ0) is 22.0. The molecular weight excluding hydrogens is 390 g/mol. The molecule has 1 fully saturated rings. The first-order chi connectivity index (χ1) is 15.0. The van der Waals surface area contributed by atoms with Gasteiger partial charge in [-0.25, -0.2) is 0 Å². The summed E-state index contributed by atoms with van der Waals surface area (Å²) in [5.41, 5.74) is 4.00. The Morgan fingerprint density at radius 2 is 1.84 bits per heavy atom. The summed E-state index contributed by atoms with van der Waals surface area (Å²) < 4.78 is 13.2. The summed E-state index contributed by atoms with van der Waals surface area (Å²) in [4.78, 5) is 18.0. The van der Waals surface area contributed by atoms with Crippen LogP contribution >= 0.6 is 0 Å². The predicted octanol–water partition coefficient (Wildman–Crippen LogP) is 4.15. The smallest absolute Gasteiger partial charge is 0.181 e. The van der Waals surface area contributed by atoms with Crippen molar-refractivity contribution < 1.29 is 13.9 Å². The zero-order valence-corrected chi connectivity index (χ0v) is 18.8. The first kappa shape index (κ1) is 21.2. The molecule has 1 atom stereocenters. The van der Waals surface area contributed by atoms with E-state index in [9.17, 15) is 4.79 Å². The van der Waals surface area contributed by atoms with Gasteiger partial charge in [0.25, 0.3) is 0 Å². The molecule has 1 saturated heterocycles. The number of para-hydroxylation sites is 2. The minimum atomic E-state index is -0.155. The highest BCUT2D eigenvalue weighted by molar-refractivity contribution is 6.01. The second kappa shape index (κ2) is 9.02. The highest BCUT2D eigenvalue weighted by Crippen LogP contribution is 2.29. The van der Waals surface area contributed by atoms with E-state index in [0.29, 0.717) is 6.54 Å². The first-order valence-corrected chi connectivity index (χ1v) is 10.8. The number of anilines is 1. The minimum absolute atomic E-state index is 0.155. The highest BCUT2D eigenvalue weighted by Gasteiger charge is 2.29. The van der Waals surface area contributed by atoms with Gasteiger partial charge in [0.15, 0.2) is 5.78 Å². The number of aromatic nitrogens is 1. The third kappa shape index (κ3) is 4.26. The van der Waals surface area contributed by atoms with Crippen LogP contribution in [-0.4, -0.2) is 54.6 Å². The number of benzene rings is 1. The molecule has 0 spiro atoms. The summed E-state index contributed by atoms with van der Waals surface area (Å²) in [5, 5.41) is 0. The van der Waals surface area contributed by atoms with Gasteiger partial charge in [-0.2, -0.15) is 0 Å². The summed E-state index contributed by atoms with van der Waals surface area (Å²) in [5.74, 6) is 1.97. The van der Waals surface area contributed by atoms with Crippen LogP contribution in [0.3, 0.4) is 0 Å². The molecule has 6 heteroatoms. The van der Waals surface area contributed by atoms with E-state index < -0.39 is 0 Å². The van der Waals surface area contributed by atoms with Crippen LogP contribution in [0.5, 0.6) is 5.75 Å². The van der Waals surface area contributed by atoms with Gasteiger partial charge < -0.3 is 18.6 Å². The lowest BCUT2D eigenvalue weighted by molar-refractivity contribution is 0.0829. The van der Waals surface area contributed by atoms with E-state index in [-0.39, 0.29) is 11.8 Å². The van der Waals surface area contributed by atoms with Crippen LogP contribution < -0.4 is 9.64 Å². The average molecular weight is 422 g/mol. The second-order valence-electron chi connectivity index (χ2n) is 8.19. The normalized spacial score (nSPS) is 15.8. The van der Waals surface area contributed by atoms with Crippen LogP contribution in [0.4, 0.5) is 5.69 Å². The number of carbonyl (C=O) groups is 1. The lowest BCUT2D eigenvalue weighted by Crippen LogP contribution is -2.51. The van der Waals surface area contributed by atoms with Crippen molar-refractivity contribution in [3.8, 4) is 5.75 Å². The standard InChI is InChI=1S/C25H31N3O3/c1-18-16-22(19(2)28(18)17-21-8-7-15-31-21)25(29)20(3)26-11-13-27(14-12-26)23-9-5-6-10-24(23)30-4/h5-10,15-16,20H,11-14,17H2,1-4H3/t20-/m0/s1. The Kier molecular flexibility index (Phi) is 6.18.